The summed E-state index contributed by atoms with van der Waals surface area (Å²) in [6.07, 6.45) is 1.84. The molecule has 8 heteroatoms. The van der Waals surface area contributed by atoms with Gasteiger partial charge in [-0.05, 0) is 48.5 Å². The SMILES string of the molecule is C=C(Cn1nc(-c2ccc(F)cc2)nc1-c1ccc(F)cc1)N1CCc2ncsc2CC1. The van der Waals surface area contributed by atoms with E-state index in [1.165, 1.54) is 34.8 Å². The highest BCUT2D eigenvalue weighted by atomic mass is 32.1. The predicted octanol–water partition coefficient (Wildman–Crippen LogP) is 4.96. The Morgan fingerprint density at radius 1 is 0.938 bits per heavy atom. The van der Waals surface area contributed by atoms with Crippen LogP contribution in [-0.4, -0.2) is 37.7 Å². The van der Waals surface area contributed by atoms with Crippen LogP contribution < -0.4 is 0 Å². The van der Waals surface area contributed by atoms with E-state index in [-0.39, 0.29) is 11.6 Å². The van der Waals surface area contributed by atoms with Gasteiger partial charge in [-0.1, -0.05) is 6.58 Å². The molecule has 0 fully saturated rings. The summed E-state index contributed by atoms with van der Waals surface area (Å²) in [4.78, 5) is 12.8. The van der Waals surface area contributed by atoms with Crippen LogP contribution in [0.1, 0.15) is 10.6 Å². The summed E-state index contributed by atoms with van der Waals surface area (Å²) in [5, 5.41) is 4.69. The molecule has 0 atom stereocenters. The van der Waals surface area contributed by atoms with Gasteiger partial charge in [0.05, 0.1) is 17.7 Å². The molecule has 0 radical (unpaired) electrons. The number of allylic oxidation sites excluding steroid dienone is 1. The van der Waals surface area contributed by atoms with Crippen molar-refractivity contribution in [2.24, 2.45) is 0 Å². The fourth-order valence-electron chi connectivity index (χ4n) is 3.87. The maximum absolute atomic E-state index is 13.5. The molecular weight excluding hydrogens is 428 g/mol. The number of halogens is 2. The smallest absolute Gasteiger partial charge is 0.181 e. The van der Waals surface area contributed by atoms with E-state index in [2.05, 4.69) is 26.5 Å². The zero-order chi connectivity index (χ0) is 22.1. The third kappa shape index (κ3) is 4.18. The van der Waals surface area contributed by atoms with Crippen LogP contribution in [0.2, 0.25) is 0 Å². The fourth-order valence-corrected chi connectivity index (χ4v) is 4.67. The Hall–Kier alpha value is -3.39. The van der Waals surface area contributed by atoms with Gasteiger partial charge in [0.2, 0.25) is 0 Å². The summed E-state index contributed by atoms with van der Waals surface area (Å²) >= 11 is 1.71. The van der Waals surface area contributed by atoms with Gasteiger partial charge in [-0.2, -0.15) is 5.10 Å². The highest BCUT2D eigenvalue weighted by Gasteiger charge is 2.20. The van der Waals surface area contributed by atoms with Crippen molar-refractivity contribution in [3.8, 4) is 22.8 Å². The largest absolute Gasteiger partial charge is 0.373 e. The summed E-state index contributed by atoms with van der Waals surface area (Å²) in [5.74, 6) is 0.471. The van der Waals surface area contributed by atoms with Crippen LogP contribution in [0.15, 0.2) is 66.3 Å². The maximum atomic E-state index is 13.5. The molecule has 0 bridgehead atoms. The van der Waals surface area contributed by atoms with E-state index in [9.17, 15) is 8.78 Å². The third-order valence-corrected chi connectivity index (χ3v) is 6.54. The van der Waals surface area contributed by atoms with Gasteiger partial charge in [0.25, 0.3) is 0 Å². The second-order valence-electron chi connectivity index (χ2n) is 7.71. The van der Waals surface area contributed by atoms with Crippen molar-refractivity contribution in [1.29, 1.82) is 0 Å². The molecule has 0 aliphatic carbocycles. The zero-order valence-corrected chi connectivity index (χ0v) is 18.2. The maximum Gasteiger partial charge on any atom is 0.181 e. The van der Waals surface area contributed by atoms with Crippen molar-refractivity contribution in [2.75, 3.05) is 13.1 Å². The van der Waals surface area contributed by atoms with E-state index in [1.807, 2.05) is 5.51 Å². The molecule has 1 aliphatic rings. The molecule has 0 amide bonds. The van der Waals surface area contributed by atoms with Crippen molar-refractivity contribution in [3.63, 3.8) is 0 Å². The molecule has 4 aromatic rings. The lowest BCUT2D eigenvalue weighted by Gasteiger charge is -2.25. The van der Waals surface area contributed by atoms with E-state index in [0.29, 0.717) is 23.8 Å². The molecule has 0 unspecified atom stereocenters. The van der Waals surface area contributed by atoms with Gasteiger partial charge in [-0.25, -0.2) is 23.4 Å². The number of thiazole rings is 1. The number of hydrogen-bond donors (Lipinski definition) is 0. The van der Waals surface area contributed by atoms with Gasteiger partial charge < -0.3 is 4.90 Å². The third-order valence-electron chi connectivity index (χ3n) is 5.61. The second kappa shape index (κ2) is 8.63. The summed E-state index contributed by atoms with van der Waals surface area (Å²) in [7, 11) is 0. The molecule has 2 aromatic carbocycles. The quantitative estimate of drug-likeness (QED) is 0.432. The van der Waals surface area contributed by atoms with Gasteiger partial charge in [-0.3, -0.25) is 0 Å². The van der Waals surface area contributed by atoms with E-state index >= 15 is 0 Å². The highest BCUT2D eigenvalue weighted by molar-refractivity contribution is 7.09. The monoisotopic (exact) mass is 449 g/mol. The van der Waals surface area contributed by atoms with Gasteiger partial charge in [0, 0.05) is 47.6 Å². The first kappa shape index (κ1) is 20.5. The average Bonchev–Trinajstić information content (AvgIpc) is 3.37. The van der Waals surface area contributed by atoms with Gasteiger partial charge in [-0.15, -0.1) is 11.3 Å². The van der Waals surface area contributed by atoms with Crippen LogP contribution in [0.5, 0.6) is 0 Å². The van der Waals surface area contributed by atoms with E-state index in [0.717, 1.165) is 37.2 Å². The van der Waals surface area contributed by atoms with Crippen LogP contribution in [0.3, 0.4) is 0 Å². The lowest BCUT2D eigenvalue weighted by Crippen LogP contribution is -2.28. The van der Waals surface area contributed by atoms with Crippen molar-refractivity contribution in [3.05, 3.63) is 88.5 Å². The Balaban J connectivity index is 1.43. The molecular formula is C24H21F2N5S. The van der Waals surface area contributed by atoms with Gasteiger partial charge in [0.1, 0.15) is 11.6 Å². The predicted molar refractivity (Wildman–Crippen MR) is 121 cm³/mol. The number of hydrogen-bond acceptors (Lipinski definition) is 5. The number of aromatic nitrogens is 4. The molecule has 32 heavy (non-hydrogen) atoms. The normalized spacial score (nSPS) is 13.6. The van der Waals surface area contributed by atoms with Crippen LogP contribution in [0.25, 0.3) is 22.8 Å². The summed E-state index contributed by atoms with van der Waals surface area (Å²) in [6.45, 7) is 6.48. The Morgan fingerprint density at radius 2 is 1.59 bits per heavy atom. The number of rotatable bonds is 5. The van der Waals surface area contributed by atoms with Crippen LogP contribution in [0, 0.1) is 11.6 Å². The van der Waals surface area contributed by atoms with Crippen LogP contribution in [0.4, 0.5) is 8.78 Å². The molecule has 162 valence electrons. The Kier molecular flexibility index (Phi) is 5.53. The summed E-state index contributed by atoms with van der Waals surface area (Å²) in [5.41, 5.74) is 5.48. The number of benzene rings is 2. The lowest BCUT2D eigenvalue weighted by atomic mass is 10.2. The molecule has 0 saturated carbocycles. The fraction of sp³-hybridized carbons (Fsp3) is 0.208. The molecule has 0 spiro atoms. The summed E-state index contributed by atoms with van der Waals surface area (Å²) in [6, 6.07) is 12.2. The molecule has 3 heterocycles. The first-order valence-corrected chi connectivity index (χ1v) is 11.3. The molecule has 2 aromatic heterocycles. The van der Waals surface area contributed by atoms with Crippen LogP contribution in [-0.2, 0) is 19.4 Å². The zero-order valence-electron chi connectivity index (χ0n) is 17.3. The number of nitrogens with zero attached hydrogens (tertiary/aromatic N) is 5. The first-order chi connectivity index (χ1) is 15.6. The Bertz CT molecular complexity index is 1220. The minimum atomic E-state index is -0.315. The van der Waals surface area contributed by atoms with E-state index in [1.54, 1.807) is 40.3 Å². The Morgan fingerprint density at radius 3 is 2.31 bits per heavy atom. The highest BCUT2D eigenvalue weighted by Crippen LogP contribution is 2.25. The summed E-state index contributed by atoms with van der Waals surface area (Å²) < 4.78 is 28.6. The minimum absolute atomic E-state index is 0.311. The van der Waals surface area contributed by atoms with Gasteiger partial charge >= 0.3 is 0 Å². The topological polar surface area (TPSA) is 46.8 Å². The van der Waals surface area contributed by atoms with E-state index in [4.69, 9.17) is 0 Å². The molecule has 1 aliphatic heterocycles. The minimum Gasteiger partial charge on any atom is -0.373 e. The molecule has 0 N–H and O–H groups in total. The average molecular weight is 450 g/mol. The van der Waals surface area contributed by atoms with Crippen molar-refractivity contribution in [1.82, 2.24) is 24.6 Å². The lowest BCUT2D eigenvalue weighted by molar-refractivity contribution is 0.339. The molecule has 5 nitrogen and oxygen atoms in total. The standard InChI is InChI=1S/C24H21F2N5S/c1-16(30-12-10-21-22(11-13-30)32-15-27-21)14-31-24(18-4-8-20(26)9-5-18)28-23(29-31)17-2-6-19(25)7-3-17/h2-9,15H,1,10-14H2. The van der Waals surface area contributed by atoms with Gasteiger partial charge in [0.15, 0.2) is 11.6 Å². The number of fused-ring (bicyclic) bond motifs is 1. The first-order valence-electron chi connectivity index (χ1n) is 10.4. The van der Waals surface area contributed by atoms with Crippen molar-refractivity contribution >= 4 is 11.3 Å². The van der Waals surface area contributed by atoms with Crippen LogP contribution >= 0.6 is 11.3 Å². The molecule has 0 saturated heterocycles. The second-order valence-corrected chi connectivity index (χ2v) is 8.65. The Labute approximate surface area is 188 Å². The van der Waals surface area contributed by atoms with Crippen molar-refractivity contribution < 1.29 is 8.78 Å². The van der Waals surface area contributed by atoms with Crippen molar-refractivity contribution in [2.45, 2.75) is 19.4 Å². The van der Waals surface area contributed by atoms with E-state index < -0.39 is 0 Å². The molecule has 5 rings (SSSR count).